The van der Waals surface area contributed by atoms with Gasteiger partial charge < -0.3 is 10.4 Å². The zero-order valence-corrected chi connectivity index (χ0v) is 10.4. The molecule has 0 spiro atoms. The Labute approximate surface area is 102 Å². The molecule has 2 rings (SSSR count). The van der Waals surface area contributed by atoms with Gasteiger partial charge >= 0.3 is 0 Å². The quantitative estimate of drug-likeness (QED) is 0.839. The molecule has 1 aliphatic rings. The minimum Gasteiger partial charge on any atom is -0.508 e. The molecule has 1 aromatic carbocycles. The van der Waals surface area contributed by atoms with Crippen LogP contribution in [0.4, 0.5) is 0 Å². The van der Waals surface area contributed by atoms with Crippen LogP contribution in [0.25, 0.3) is 0 Å². The summed E-state index contributed by atoms with van der Waals surface area (Å²) in [5, 5.41) is 12.2. The van der Waals surface area contributed by atoms with Gasteiger partial charge in [-0.15, -0.1) is 0 Å². The van der Waals surface area contributed by atoms with E-state index < -0.39 is 0 Å². The van der Waals surface area contributed by atoms with Crippen LogP contribution in [0, 0.1) is 18.8 Å². The Balaban J connectivity index is 1.94. The lowest BCUT2D eigenvalue weighted by Crippen LogP contribution is -2.29. The molecule has 1 aromatic rings. The first kappa shape index (κ1) is 12.0. The van der Waals surface area contributed by atoms with Crippen LogP contribution in [0.1, 0.15) is 35.7 Å². The van der Waals surface area contributed by atoms with E-state index in [9.17, 15) is 9.90 Å². The fourth-order valence-corrected chi connectivity index (χ4v) is 2.08. The Kier molecular flexibility index (Phi) is 3.36. The lowest BCUT2D eigenvalue weighted by molar-refractivity contribution is 0.0946. The summed E-state index contributed by atoms with van der Waals surface area (Å²) < 4.78 is 0. The maximum Gasteiger partial charge on any atom is 0.251 e. The number of phenols is 1. The van der Waals surface area contributed by atoms with Crippen molar-refractivity contribution in [1.29, 1.82) is 0 Å². The van der Waals surface area contributed by atoms with Gasteiger partial charge in [-0.2, -0.15) is 0 Å². The molecule has 0 radical (unpaired) electrons. The zero-order chi connectivity index (χ0) is 12.4. The van der Waals surface area contributed by atoms with Gasteiger partial charge in [-0.25, -0.2) is 0 Å². The van der Waals surface area contributed by atoms with E-state index in [1.165, 1.54) is 12.8 Å². The number of aryl methyl sites for hydroxylation is 1. The molecule has 1 saturated carbocycles. The molecular weight excluding hydrogens is 214 g/mol. The number of nitrogens with one attached hydrogen (secondary N) is 1. The van der Waals surface area contributed by atoms with Gasteiger partial charge in [-0.1, -0.05) is 6.92 Å². The third kappa shape index (κ3) is 2.99. The number of carbonyl (C=O) groups is 1. The third-order valence-corrected chi connectivity index (χ3v) is 3.47. The minimum absolute atomic E-state index is 0.0463. The lowest BCUT2D eigenvalue weighted by atomic mass is 10.1. The van der Waals surface area contributed by atoms with E-state index in [4.69, 9.17) is 0 Å². The molecule has 0 saturated heterocycles. The van der Waals surface area contributed by atoms with Gasteiger partial charge in [0.1, 0.15) is 5.75 Å². The number of hydrogen-bond acceptors (Lipinski definition) is 2. The fraction of sp³-hybridized carbons (Fsp3) is 0.500. The highest BCUT2D eigenvalue weighted by atomic mass is 16.3. The molecule has 1 amide bonds. The van der Waals surface area contributed by atoms with Crippen LogP contribution in [-0.2, 0) is 0 Å². The van der Waals surface area contributed by atoms with E-state index in [0.29, 0.717) is 11.5 Å². The minimum atomic E-state index is -0.0463. The van der Waals surface area contributed by atoms with Gasteiger partial charge in [0, 0.05) is 12.1 Å². The summed E-state index contributed by atoms with van der Waals surface area (Å²) in [4.78, 5) is 11.9. The summed E-state index contributed by atoms with van der Waals surface area (Å²) in [5.74, 6) is 1.52. The van der Waals surface area contributed by atoms with Crippen LogP contribution < -0.4 is 5.32 Å². The van der Waals surface area contributed by atoms with E-state index >= 15 is 0 Å². The molecule has 1 unspecified atom stereocenters. The molecule has 0 aliphatic heterocycles. The highest BCUT2D eigenvalue weighted by molar-refractivity contribution is 5.95. The molecule has 17 heavy (non-hydrogen) atoms. The fourth-order valence-electron chi connectivity index (χ4n) is 2.08. The average molecular weight is 233 g/mol. The predicted octanol–water partition coefficient (Wildman–Crippen LogP) is 2.48. The first-order valence-corrected chi connectivity index (χ1v) is 6.15. The summed E-state index contributed by atoms with van der Waals surface area (Å²) in [7, 11) is 0. The summed E-state index contributed by atoms with van der Waals surface area (Å²) in [5.41, 5.74) is 1.45. The number of aromatic hydroxyl groups is 1. The second-order valence-electron chi connectivity index (χ2n) is 5.02. The molecule has 1 fully saturated rings. The van der Waals surface area contributed by atoms with Crippen molar-refractivity contribution in [3.8, 4) is 5.75 Å². The molecule has 2 N–H and O–H groups in total. The Morgan fingerprint density at radius 2 is 2.24 bits per heavy atom. The number of benzene rings is 1. The Morgan fingerprint density at radius 1 is 1.53 bits per heavy atom. The molecule has 0 aromatic heterocycles. The third-order valence-electron chi connectivity index (χ3n) is 3.47. The first-order chi connectivity index (χ1) is 8.08. The van der Waals surface area contributed by atoms with Crippen LogP contribution in [0.15, 0.2) is 18.2 Å². The van der Waals surface area contributed by atoms with Gasteiger partial charge in [0.15, 0.2) is 0 Å². The molecular formula is C14H19NO2. The van der Waals surface area contributed by atoms with E-state index in [0.717, 1.165) is 18.0 Å². The van der Waals surface area contributed by atoms with E-state index in [2.05, 4.69) is 12.2 Å². The van der Waals surface area contributed by atoms with Crippen molar-refractivity contribution in [2.75, 3.05) is 6.54 Å². The smallest absolute Gasteiger partial charge is 0.251 e. The summed E-state index contributed by atoms with van der Waals surface area (Å²) in [6.07, 6.45) is 2.60. The molecule has 1 atom stereocenters. The Bertz CT molecular complexity index is 424. The van der Waals surface area contributed by atoms with Gasteiger partial charge in [-0.3, -0.25) is 4.79 Å². The van der Waals surface area contributed by atoms with Crippen molar-refractivity contribution >= 4 is 5.91 Å². The van der Waals surface area contributed by atoms with Crippen molar-refractivity contribution < 1.29 is 9.90 Å². The SMILES string of the molecule is Cc1cc(O)ccc1C(=O)NCC(C)C1CC1. The number of hydrogen-bond donors (Lipinski definition) is 2. The van der Waals surface area contributed by atoms with Crippen LogP contribution in [0.3, 0.4) is 0 Å². The van der Waals surface area contributed by atoms with Crippen molar-refractivity contribution in [1.82, 2.24) is 5.32 Å². The van der Waals surface area contributed by atoms with Crippen molar-refractivity contribution in [3.05, 3.63) is 29.3 Å². The van der Waals surface area contributed by atoms with Crippen molar-refractivity contribution in [3.63, 3.8) is 0 Å². The van der Waals surface area contributed by atoms with Gasteiger partial charge in [0.25, 0.3) is 5.91 Å². The Hall–Kier alpha value is -1.51. The van der Waals surface area contributed by atoms with Crippen LogP contribution >= 0.6 is 0 Å². The van der Waals surface area contributed by atoms with Gasteiger partial charge in [-0.05, 0) is 55.4 Å². The largest absolute Gasteiger partial charge is 0.508 e. The Morgan fingerprint density at radius 3 is 2.82 bits per heavy atom. The molecule has 0 bridgehead atoms. The van der Waals surface area contributed by atoms with Gasteiger partial charge in [0.2, 0.25) is 0 Å². The highest BCUT2D eigenvalue weighted by Crippen LogP contribution is 2.36. The number of amides is 1. The highest BCUT2D eigenvalue weighted by Gasteiger charge is 2.27. The second-order valence-corrected chi connectivity index (χ2v) is 5.02. The molecule has 92 valence electrons. The molecule has 3 nitrogen and oxygen atoms in total. The number of phenolic OH excluding ortho intramolecular Hbond substituents is 1. The molecule has 3 heteroatoms. The monoisotopic (exact) mass is 233 g/mol. The summed E-state index contributed by atoms with van der Waals surface area (Å²) >= 11 is 0. The predicted molar refractivity (Wildman–Crippen MR) is 67.1 cm³/mol. The van der Waals surface area contributed by atoms with Crippen LogP contribution in [0.2, 0.25) is 0 Å². The van der Waals surface area contributed by atoms with Crippen molar-refractivity contribution in [2.24, 2.45) is 11.8 Å². The van der Waals surface area contributed by atoms with E-state index in [-0.39, 0.29) is 11.7 Å². The lowest BCUT2D eigenvalue weighted by Gasteiger charge is -2.12. The molecule has 1 aliphatic carbocycles. The number of rotatable bonds is 4. The normalized spacial score (nSPS) is 16.6. The topological polar surface area (TPSA) is 49.3 Å². The summed E-state index contributed by atoms with van der Waals surface area (Å²) in [6.45, 7) is 4.75. The average Bonchev–Trinajstić information content (AvgIpc) is 3.09. The zero-order valence-electron chi connectivity index (χ0n) is 10.4. The standard InChI is InChI=1S/C14H19NO2/c1-9-7-12(16)5-6-13(9)14(17)15-8-10(2)11-3-4-11/h5-7,10-11,16H,3-4,8H2,1-2H3,(H,15,17). The van der Waals surface area contributed by atoms with Crippen LogP contribution in [0.5, 0.6) is 5.75 Å². The van der Waals surface area contributed by atoms with Gasteiger partial charge in [0.05, 0.1) is 0 Å². The first-order valence-electron chi connectivity index (χ1n) is 6.15. The summed E-state index contributed by atoms with van der Waals surface area (Å²) in [6, 6.07) is 4.83. The van der Waals surface area contributed by atoms with E-state index in [1.807, 2.05) is 6.92 Å². The number of carbonyl (C=O) groups excluding carboxylic acids is 1. The van der Waals surface area contributed by atoms with E-state index in [1.54, 1.807) is 18.2 Å². The van der Waals surface area contributed by atoms with Crippen LogP contribution in [-0.4, -0.2) is 17.6 Å². The second kappa shape index (κ2) is 4.78. The maximum atomic E-state index is 11.9. The maximum absolute atomic E-state index is 11.9. The molecule has 0 heterocycles. The van der Waals surface area contributed by atoms with Crippen molar-refractivity contribution in [2.45, 2.75) is 26.7 Å².